The standard InChI is InChI=1S/C18H24F4N2O4S/c1-29(25,26)23-9-14-4-5-17(28-14)11-24(6-7-27-12-17)10-13-2-3-15(16(19)8-13)18(20,21)22/h2-3,8,14,23H,4-7,9-12H2,1H3/t14-,17+/m0/s1. The number of alkyl halides is 3. The Morgan fingerprint density at radius 3 is 2.76 bits per heavy atom. The monoisotopic (exact) mass is 440 g/mol. The Balaban J connectivity index is 1.65. The maximum atomic E-state index is 13.9. The molecule has 1 spiro atoms. The van der Waals surface area contributed by atoms with Gasteiger partial charge in [0.25, 0.3) is 0 Å². The zero-order chi connectivity index (χ0) is 21.3. The fourth-order valence-electron chi connectivity index (χ4n) is 3.77. The molecule has 0 unspecified atom stereocenters. The molecule has 164 valence electrons. The van der Waals surface area contributed by atoms with Crippen LogP contribution in [0, 0.1) is 5.82 Å². The van der Waals surface area contributed by atoms with Gasteiger partial charge in [0.15, 0.2) is 0 Å². The first kappa shape index (κ1) is 22.4. The van der Waals surface area contributed by atoms with Crippen LogP contribution in [0.15, 0.2) is 18.2 Å². The van der Waals surface area contributed by atoms with E-state index >= 15 is 0 Å². The fraction of sp³-hybridized carbons (Fsp3) is 0.667. The summed E-state index contributed by atoms with van der Waals surface area (Å²) >= 11 is 0. The van der Waals surface area contributed by atoms with Crippen LogP contribution in [0.5, 0.6) is 0 Å². The number of rotatable bonds is 5. The molecule has 0 saturated carbocycles. The third-order valence-electron chi connectivity index (χ3n) is 5.09. The predicted octanol–water partition coefficient (Wildman–Crippen LogP) is 2.14. The lowest BCUT2D eigenvalue weighted by molar-refractivity contribution is -0.140. The average Bonchev–Trinajstić information content (AvgIpc) is 2.87. The van der Waals surface area contributed by atoms with Gasteiger partial charge in [0.05, 0.1) is 31.1 Å². The van der Waals surface area contributed by atoms with Crippen LogP contribution >= 0.6 is 0 Å². The summed E-state index contributed by atoms with van der Waals surface area (Å²) in [6.07, 6.45) is -2.60. The average molecular weight is 440 g/mol. The first-order valence-corrected chi connectivity index (χ1v) is 11.1. The van der Waals surface area contributed by atoms with Gasteiger partial charge in [-0.1, -0.05) is 6.07 Å². The van der Waals surface area contributed by atoms with Crippen LogP contribution in [0.25, 0.3) is 0 Å². The number of ether oxygens (including phenoxy) is 2. The van der Waals surface area contributed by atoms with Crippen molar-refractivity contribution in [3.05, 3.63) is 35.1 Å². The van der Waals surface area contributed by atoms with E-state index in [-0.39, 0.29) is 19.2 Å². The predicted molar refractivity (Wildman–Crippen MR) is 97.2 cm³/mol. The van der Waals surface area contributed by atoms with Crippen molar-refractivity contribution < 1.29 is 35.5 Å². The summed E-state index contributed by atoms with van der Waals surface area (Å²) in [4.78, 5) is 1.96. The molecular weight excluding hydrogens is 416 g/mol. The van der Waals surface area contributed by atoms with E-state index in [0.717, 1.165) is 18.4 Å². The highest BCUT2D eigenvalue weighted by atomic mass is 32.2. The van der Waals surface area contributed by atoms with Gasteiger partial charge >= 0.3 is 6.18 Å². The Bertz CT molecular complexity index is 834. The van der Waals surface area contributed by atoms with Crippen molar-refractivity contribution in [2.24, 2.45) is 0 Å². The molecule has 1 aromatic carbocycles. The van der Waals surface area contributed by atoms with Crippen molar-refractivity contribution in [1.82, 2.24) is 9.62 Å². The van der Waals surface area contributed by atoms with Crippen molar-refractivity contribution >= 4 is 10.0 Å². The van der Waals surface area contributed by atoms with Crippen molar-refractivity contribution in [2.75, 3.05) is 39.1 Å². The molecule has 2 atom stereocenters. The largest absolute Gasteiger partial charge is 0.419 e. The molecule has 29 heavy (non-hydrogen) atoms. The second-order valence-corrected chi connectivity index (χ2v) is 9.49. The van der Waals surface area contributed by atoms with Crippen molar-refractivity contribution in [3.63, 3.8) is 0 Å². The van der Waals surface area contributed by atoms with E-state index in [4.69, 9.17) is 9.47 Å². The summed E-state index contributed by atoms with van der Waals surface area (Å²) < 4.78 is 88.8. The van der Waals surface area contributed by atoms with Crippen LogP contribution < -0.4 is 4.72 Å². The van der Waals surface area contributed by atoms with Gasteiger partial charge in [-0.15, -0.1) is 0 Å². The molecular formula is C18H24F4N2O4S. The van der Waals surface area contributed by atoms with Crippen LogP contribution in [0.2, 0.25) is 0 Å². The van der Waals surface area contributed by atoms with Gasteiger partial charge < -0.3 is 9.47 Å². The van der Waals surface area contributed by atoms with Crippen molar-refractivity contribution in [1.29, 1.82) is 0 Å². The Hall–Kier alpha value is -1.27. The number of benzene rings is 1. The summed E-state index contributed by atoms with van der Waals surface area (Å²) in [6, 6.07) is 2.95. The molecule has 2 fully saturated rings. The van der Waals surface area contributed by atoms with Gasteiger partial charge in [-0.05, 0) is 30.5 Å². The minimum Gasteiger partial charge on any atom is -0.377 e. The van der Waals surface area contributed by atoms with E-state index in [1.165, 1.54) is 6.07 Å². The van der Waals surface area contributed by atoms with Gasteiger partial charge in [0, 0.05) is 26.2 Å². The zero-order valence-electron chi connectivity index (χ0n) is 16.0. The van der Waals surface area contributed by atoms with Crippen LogP contribution in [0.1, 0.15) is 24.0 Å². The lowest BCUT2D eigenvalue weighted by Gasteiger charge is -2.32. The second kappa shape index (κ2) is 8.46. The number of nitrogens with one attached hydrogen (secondary N) is 1. The molecule has 0 aliphatic carbocycles. The maximum absolute atomic E-state index is 13.9. The second-order valence-electron chi connectivity index (χ2n) is 7.66. The van der Waals surface area contributed by atoms with E-state index in [0.29, 0.717) is 44.7 Å². The molecule has 0 radical (unpaired) electrons. The molecule has 0 amide bonds. The van der Waals surface area contributed by atoms with E-state index in [9.17, 15) is 26.0 Å². The summed E-state index contributed by atoms with van der Waals surface area (Å²) in [6.45, 7) is 2.19. The first-order chi connectivity index (χ1) is 13.5. The van der Waals surface area contributed by atoms with E-state index < -0.39 is 33.2 Å². The minimum atomic E-state index is -4.73. The van der Waals surface area contributed by atoms with E-state index in [1.54, 1.807) is 0 Å². The number of hydrogen-bond donors (Lipinski definition) is 1. The van der Waals surface area contributed by atoms with Gasteiger partial charge in [0.1, 0.15) is 11.4 Å². The molecule has 11 heteroatoms. The highest BCUT2D eigenvalue weighted by Gasteiger charge is 2.43. The molecule has 2 aliphatic rings. The lowest BCUT2D eigenvalue weighted by atomic mass is 9.99. The number of sulfonamides is 1. The fourth-order valence-corrected chi connectivity index (χ4v) is 4.26. The third-order valence-corrected chi connectivity index (χ3v) is 5.78. The summed E-state index contributed by atoms with van der Waals surface area (Å²) in [5.41, 5.74) is -1.47. The van der Waals surface area contributed by atoms with Crippen LogP contribution in [0.3, 0.4) is 0 Å². The Kier molecular flexibility index (Phi) is 6.54. The summed E-state index contributed by atoms with van der Waals surface area (Å²) in [5.74, 6) is -1.29. The first-order valence-electron chi connectivity index (χ1n) is 9.24. The van der Waals surface area contributed by atoms with Crippen LogP contribution in [-0.4, -0.2) is 64.1 Å². The smallest absolute Gasteiger partial charge is 0.377 e. The normalized spacial score (nSPS) is 26.7. The number of nitrogens with zero attached hydrogens (tertiary/aromatic N) is 1. The molecule has 3 rings (SSSR count). The molecule has 0 aromatic heterocycles. The van der Waals surface area contributed by atoms with Gasteiger partial charge in [-0.3, -0.25) is 4.90 Å². The Labute approximate surface area is 167 Å². The molecule has 2 saturated heterocycles. The SMILES string of the molecule is CS(=O)(=O)NC[C@@H]1CC[C@@]2(COCCN(Cc3ccc(C(F)(F)F)c(F)c3)C2)O1. The molecule has 2 heterocycles. The number of halogens is 4. The van der Waals surface area contributed by atoms with E-state index in [2.05, 4.69) is 4.72 Å². The molecule has 2 aliphatic heterocycles. The van der Waals surface area contributed by atoms with Crippen LogP contribution in [0.4, 0.5) is 17.6 Å². The van der Waals surface area contributed by atoms with Gasteiger partial charge in [-0.25, -0.2) is 17.5 Å². The molecule has 0 bridgehead atoms. The quantitative estimate of drug-likeness (QED) is 0.711. The molecule has 6 nitrogen and oxygen atoms in total. The van der Waals surface area contributed by atoms with Crippen molar-refractivity contribution in [2.45, 2.75) is 37.3 Å². The molecule has 1 N–H and O–H groups in total. The highest BCUT2D eigenvalue weighted by molar-refractivity contribution is 7.88. The topological polar surface area (TPSA) is 67.9 Å². The van der Waals surface area contributed by atoms with Gasteiger partial charge in [0.2, 0.25) is 10.0 Å². The van der Waals surface area contributed by atoms with E-state index in [1.807, 2.05) is 4.90 Å². The Morgan fingerprint density at radius 1 is 1.34 bits per heavy atom. The highest BCUT2D eigenvalue weighted by Crippen LogP contribution is 2.34. The lowest BCUT2D eigenvalue weighted by Crippen LogP contribution is -2.45. The minimum absolute atomic E-state index is 0.171. The summed E-state index contributed by atoms with van der Waals surface area (Å²) in [7, 11) is -3.32. The number of hydrogen-bond acceptors (Lipinski definition) is 5. The third kappa shape index (κ3) is 6.11. The Morgan fingerprint density at radius 2 is 2.10 bits per heavy atom. The molecule has 1 aromatic rings. The summed E-state index contributed by atoms with van der Waals surface area (Å²) in [5, 5.41) is 0. The van der Waals surface area contributed by atoms with Crippen LogP contribution in [-0.2, 0) is 32.2 Å². The maximum Gasteiger partial charge on any atom is 0.419 e. The van der Waals surface area contributed by atoms with Gasteiger partial charge in [-0.2, -0.15) is 13.2 Å². The zero-order valence-corrected chi connectivity index (χ0v) is 16.8. The van der Waals surface area contributed by atoms with Crippen molar-refractivity contribution in [3.8, 4) is 0 Å².